The van der Waals surface area contributed by atoms with Crippen LogP contribution in [0.4, 0.5) is 0 Å². The molecule has 0 bridgehead atoms. The smallest absolute Gasteiger partial charge is 0.254 e. The fraction of sp³-hybridized carbons (Fsp3) is 0.519. The molecule has 1 aliphatic carbocycles. The lowest BCUT2D eigenvalue weighted by atomic mass is 9.88. The van der Waals surface area contributed by atoms with Crippen LogP contribution in [-0.2, 0) is 19.5 Å². The highest BCUT2D eigenvalue weighted by molar-refractivity contribution is 5.99. The maximum Gasteiger partial charge on any atom is 0.254 e. The number of hydrogen-bond acceptors (Lipinski definition) is 3. The molecule has 31 heavy (non-hydrogen) atoms. The highest BCUT2D eigenvalue weighted by Crippen LogP contribution is 2.35. The Kier molecular flexibility index (Phi) is 5.75. The molecule has 0 atom stereocenters. The molecule has 3 aliphatic rings. The molecule has 2 aliphatic heterocycles. The van der Waals surface area contributed by atoms with Crippen LogP contribution in [0.5, 0.6) is 5.75 Å². The van der Waals surface area contributed by atoms with Crippen molar-refractivity contribution in [3.63, 3.8) is 0 Å². The molecule has 1 saturated heterocycles. The van der Waals surface area contributed by atoms with E-state index in [4.69, 9.17) is 4.74 Å². The molecule has 4 nitrogen and oxygen atoms in total. The molecule has 164 valence electrons. The van der Waals surface area contributed by atoms with E-state index in [1.807, 2.05) is 6.07 Å². The van der Waals surface area contributed by atoms with Crippen molar-refractivity contribution >= 4 is 5.91 Å². The van der Waals surface area contributed by atoms with Gasteiger partial charge >= 0.3 is 0 Å². The van der Waals surface area contributed by atoms with Crippen LogP contribution < -0.4 is 4.74 Å². The van der Waals surface area contributed by atoms with Gasteiger partial charge in [-0.2, -0.15) is 0 Å². The van der Waals surface area contributed by atoms with Gasteiger partial charge in [0.15, 0.2) is 0 Å². The Bertz CT molecular complexity index is 958. The van der Waals surface area contributed by atoms with Crippen LogP contribution in [0.25, 0.3) is 0 Å². The quantitative estimate of drug-likeness (QED) is 0.646. The number of nitrogens with zero attached hydrogens (tertiary/aromatic N) is 2. The fourth-order valence-electron chi connectivity index (χ4n) is 5.40. The molecular formula is C27H34N2O2. The van der Waals surface area contributed by atoms with Gasteiger partial charge in [-0.15, -0.1) is 0 Å². The van der Waals surface area contributed by atoms with Gasteiger partial charge in [-0.3, -0.25) is 9.69 Å². The summed E-state index contributed by atoms with van der Waals surface area (Å²) in [5, 5.41) is 0. The van der Waals surface area contributed by atoms with Crippen LogP contribution in [0.1, 0.15) is 58.3 Å². The summed E-state index contributed by atoms with van der Waals surface area (Å²) in [5.41, 5.74) is 6.16. The molecule has 4 heteroatoms. The zero-order valence-electron chi connectivity index (χ0n) is 18.9. The highest BCUT2D eigenvalue weighted by atomic mass is 16.5. The first kappa shape index (κ1) is 20.6. The SMILES string of the molecule is COc1cccc(CN2CCC(Cc3cc(C)c4c(c3)CN(CC3CC3)C4=O)CC2)c1. The van der Waals surface area contributed by atoms with Crippen LogP contribution in [0.15, 0.2) is 36.4 Å². The third kappa shape index (κ3) is 4.64. The van der Waals surface area contributed by atoms with Crippen molar-refractivity contribution in [1.82, 2.24) is 9.80 Å². The molecule has 0 aromatic heterocycles. The zero-order valence-corrected chi connectivity index (χ0v) is 18.9. The Morgan fingerprint density at radius 2 is 1.81 bits per heavy atom. The van der Waals surface area contributed by atoms with Gasteiger partial charge in [0.05, 0.1) is 7.11 Å². The number of aryl methyl sites for hydroxylation is 1. The van der Waals surface area contributed by atoms with E-state index in [2.05, 4.69) is 47.1 Å². The number of amides is 1. The molecule has 5 rings (SSSR count). The monoisotopic (exact) mass is 418 g/mol. The predicted molar refractivity (Wildman–Crippen MR) is 123 cm³/mol. The summed E-state index contributed by atoms with van der Waals surface area (Å²) in [6.07, 6.45) is 6.21. The highest BCUT2D eigenvalue weighted by Gasteiger charge is 2.34. The molecule has 2 heterocycles. The van der Waals surface area contributed by atoms with Crippen molar-refractivity contribution in [2.24, 2.45) is 11.8 Å². The van der Waals surface area contributed by atoms with Gasteiger partial charge in [-0.25, -0.2) is 0 Å². The van der Waals surface area contributed by atoms with E-state index in [0.717, 1.165) is 62.3 Å². The van der Waals surface area contributed by atoms with Gasteiger partial charge in [0.1, 0.15) is 5.75 Å². The van der Waals surface area contributed by atoms with Gasteiger partial charge in [0.2, 0.25) is 0 Å². The molecule has 1 saturated carbocycles. The molecule has 2 fully saturated rings. The van der Waals surface area contributed by atoms with Crippen LogP contribution in [0.3, 0.4) is 0 Å². The zero-order chi connectivity index (χ0) is 21.4. The molecule has 1 amide bonds. The number of likely N-dealkylation sites (tertiary alicyclic amines) is 1. The van der Waals surface area contributed by atoms with Crippen LogP contribution in [0, 0.1) is 18.8 Å². The third-order valence-electron chi connectivity index (χ3n) is 7.29. The normalized spacial score (nSPS) is 19.7. The average molecular weight is 419 g/mol. The van der Waals surface area contributed by atoms with Gasteiger partial charge in [-0.05, 0) is 98.3 Å². The molecule has 0 unspecified atom stereocenters. The lowest BCUT2D eigenvalue weighted by molar-refractivity contribution is 0.0770. The van der Waals surface area contributed by atoms with Crippen LogP contribution in [0.2, 0.25) is 0 Å². The second-order valence-corrected chi connectivity index (χ2v) is 9.85. The van der Waals surface area contributed by atoms with E-state index < -0.39 is 0 Å². The van der Waals surface area contributed by atoms with Gasteiger partial charge < -0.3 is 9.64 Å². The van der Waals surface area contributed by atoms with Crippen molar-refractivity contribution in [2.75, 3.05) is 26.7 Å². The minimum Gasteiger partial charge on any atom is -0.497 e. The standard InChI is InChI=1S/C27H34N2O2/c1-19-12-23(14-24-18-29(17-21-6-7-21)27(30)26(19)24)13-20-8-10-28(11-9-20)16-22-4-3-5-25(15-22)31-2/h3-5,12,14-15,20-21H,6-11,13,16-18H2,1-2H3. The number of hydrogen-bond donors (Lipinski definition) is 0. The Labute approximate surface area is 186 Å². The Balaban J connectivity index is 1.17. The minimum absolute atomic E-state index is 0.261. The first-order valence-electron chi connectivity index (χ1n) is 11.9. The van der Waals surface area contributed by atoms with Gasteiger partial charge in [-0.1, -0.05) is 24.3 Å². The molecule has 2 aromatic carbocycles. The number of fused-ring (bicyclic) bond motifs is 1. The first-order chi connectivity index (χ1) is 15.1. The van der Waals surface area contributed by atoms with Crippen molar-refractivity contribution < 1.29 is 9.53 Å². The molecule has 0 spiro atoms. The largest absolute Gasteiger partial charge is 0.497 e. The molecule has 0 radical (unpaired) electrons. The fourth-order valence-corrected chi connectivity index (χ4v) is 5.40. The second-order valence-electron chi connectivity index (χ2n) is 9.85. The van der Waals surface area contributed by atoms with Crippen molar-refractivity contribution in [2.45, 2.75) is 52.1 Å². The maximum atomic E-state index is 12.8. The number of carbonyl (C=O) groups is 1. The number of ether oxygens (including phenoxy) is 1. The lowest BCUT2D eigenvalue weighted by Gasteiger charge is -2.32. The van der Waals surface area contributed by atoms with Crippen molar-refractivity contribution in [3.8, 4) is 5.75 Å². The van der Waals surface area contributed by atoms with E-state index in [9.17, 15) is 4.79 Å². The van der Waals surface area contributed by atoms with Crippen LogP contribution in [-0.4, -0.2) is 42.5 Å². The van der Waals surface area contributed by atoms with E-state index in [0.29, 0.717) is 0 Å². The maximum absolute atomic E-state index is 12.8. The number of carbonyl (C=O) groups excluding carboxylic acids is 1. The van der Waals surface area contributed by atoms with E-state index in [-0.39, 0.29) is 5.91 Å². The average Bonchev–Trinajstić information content (AvgIpc) is 3.52. The number of methoxy groups -OCH3 is 1. The minimum atomic E-state index is 0.261. The summed E-state index contributed by atoms with van der Waals surface area (Å²) < 4.78 is 5.36. The van der Waals surface area contributed by atoms with Crippen molar-refractivity contribution in [3.05, 3.63) is 64.2 Å². The van der Waals surface area contributed by atoms with E-state index in [1.54, 1.807) is 7.11 Å². The lowest BCUT2D eigenvalue weighted by Crippen LogP contribution is -2.33. The first-order valence-corrected chi connectivity index (χ1v) is 11.9. The summed E-state index contributed by atoms with van der Waals surface area (Å²) in [4.78, 5) is 17.5. The second kappa shape index (κ2) is 8.66. The number of benzene rings is 2. The predicted octanol–water partition coefficient (Wildman–Crippen LogP) is 4.82. The van der Waals surface area contributed by atoms with Crippen molar-refractivity contribution in [1.29, 1.82) is 0 Å². The topological polar surface area (TPSA) is 32.8 Å². The van der Waals surface area contributed by atoms with Crippen LogP contribution >= 0.6 is 0 Å². The third-order valence-corrected chi connectivity index (χ3v) is 7.29. The summed E-state index contributed by atoms with van der Waals surface area (Å²) in [6.45, 7) is 7.20. The summed E-state index contributed by atoms with van der Waals surface area (Å²) in [5.74, 6) is 2.68. The number of piperidine rings is 1. The van der Waals surface area contributed by atoms with E-state index >= 15 is 0 Å². The summed E-state index contributed by atoms with van der Waals surface area (Å²) >= 11 is 0. The van der Waals surface area contributed by atoms with Gasteiger partial charge in [0.25, 0.3) is 5.91 Å². The summed E-state index contributed by atoms with van der Waals surface area (Å²) in [7, 11) is 1.73. The molecule has 2 aromatic rings. The number of rotatable bonds is 7. The van der Waals surface area contributed by atoms with Gasteiger partial charge in [0, 0.05) is 25.2 Å². The van der Waals surface area contributed by atoms with E-state index in [1.165, 1.54) is 47.9 Å². The molecular weight excluding hydrogens is 384 g/mol. The Morgan fingerprint density at radius 3 is 2.55 bits per heavy atom. The Morgan fingerprint density at radius 1 is 1.00 bits per heavy atom. The Hall–Kier alpha value is -2.33. The molecule has 0 N–H and O–H groups in total. The summed E-state index contributed by atoms with van der Waals surface area (Å²) in [6, 6.07) is 13.0.